The maximum atomic E-state index is 3.75. The lowest BCUT2D eigenvalue weighted by Crippen LogP contribution is -2.06. The van der Waals surface area contributed by atoms with Crippen LogP contribution in [0.2, 0.25) is 0 Å². The molecule has 0 bridgehead atoms. The molecule has 9 heavy (non-hydrogen) atoms. The molecule has 0 aromatic heterocycles. The third kappa shape index (κ3) is 0.938. The van der Waals surface area contributed by atoms with E-state index >= 15 is 0 Å². The van der Waals surface area contributed by atoms with Gasteiger partial charge in [0.25, 0.3) is 0 Å². The van der Waals surface area contributed by atoms with Crippen molar-refractivity contribution in [2.75, 3.05) is 0 Å². The lowest BCUT2D eigenvalue weighted by molar-refractivity contribution is 0.465. The van der Waals surface area contributed by atoms with Crippen LogP contribution in [-0.2, 0) is 0 Å². The summed E-state index contributed by atoms with van der Waals surface area (Å²) in [6.07, 6.45) is 7.46. The van der Waals surface area contributed by atoms with Gasteiger partial charge in [0.15, 0.2) is 0 Å². The molecule has 2 aliphatic rings. The Morgan fingerprint density at radius 2 is 1.89 bits per heavy atom. The predicted octanol–water partition coefficient (Wildman–Crippen LogP) is 2.96. The van der Waals surface area contributed by atoms with Gasteiger partial charge in [-0.05, 0) is 31.1 Å². The maximum absolute atomic E-state index is 3.75. The monoisotopic (exact) mass is 188 g/mol. The first-order valence-electron chi connectivity index (χ1n) is 4.02. The molecule has 2 saturated carbocycles. The van der Waals surface area contributed by atoms with E-state index in [2.05, 4.69) is 15.9 Å². The number of hydrogen-bond acceptors (Lipinski definition) is 0. The Hall–Kier alpha value is 0.480. The lowest BCUT2D eigenvalue weighted by Gasteiger charge is -2.10. The van der Waals surface area contributed by atoms with Crippen LogP contribution < -0.4 is 0 Å². The minimum atomic E-state index is 0.880. The summed E-state index contributed by atoms with van der Waals surface area (Å²) in [6.45, 7) is 0. The minimum Gasteiger partial charge on any atom is -0.0888 e. The van der Waals surface area contributed by atoms with E-state index in [9.17, 15) is 0 Å². The molecule has 0 heterocycles. The zero-order valence-electron chi connectivity index (χ0n) is 5.65. The molecule has 0 aromatic rings. The van der Waals surface area contributed by atoms with Crippen LogP contribution in [0.15, 0.2) is 0 Å². The molecule has 2 fully saturated rings. The highest BCUT2D eigenvalue weighted by molar-refractivity contribution is 9.09. The topological polar surface area (TPSA) is 0 Å². The van der Waals surface area contributed by atoms with Gasteiger partial charge in [-0.3, -0.25) is 0 Å². The number of fused-ring (bicyclic) bond motifs is 1. The minimum absolute atomic E-state index is 0.880. The van der Waals surface area contributed by atoms with Crippen LogP contribution >= 0.6 is 15.9 Å². The van der Waals surface area contributed by atoms with Crippen LogP contribution in [0, 0.1) is 11.8 Å². The zero-order valence-corrected chi connectivity index (χ0v) is 7.23. The van der Waals surface area contributed by atoms with E-state index in [1.165, 1.54) is 32.1 Å². The Bertz CT molecular complexity index is 111. The van der Waals surface area contributed by atoms with Crippen molar-refractivity contribution >= 4 is 15.9 Å². The van der Waals surface area contributed by atoms with Gasteiger partial charge in [-0.1, -0.05) is 28.8 Å². The molecule has 52 valence electrons. The number of hydrogen-bond donors (Lipinski definition) is 0. The molecule has 2 aliphatic carbocycles. The van der Waals surface area contributed by atoms with Gasteiger partial charge in [-0.15, -0.1) is 0 Å². The average molecular weight is 189 g/mol. The van der Waals surface area contributed by atoms with E-state index in [1.807, 2.05) is 0 Å². The molecule has 0 aliphatic heterocycles. The SMILES string of the molecule is BrC1CC[C@@H]2CCC[C@H]12. The lowest BCUT2D eigenvalue weighted by atomic mass is 10.0. The average Bonchev–Trinajstić information content (AvgIpc) is 2.35. The number of alkyl halides is 1. The molecule has 0 aromatic carbocycles. The Morgan fingerprint density at radius 3 is 2.67 bits per heavy atom. The maximum Gasteiger partial charge on any atom is 0.0176 e. The molecule has 0 nitrogen and oxygen atoms in total. The summed E-state index contributed by atoms with van der Waals surface area (Å²) in [5.74, 6) is 2.17. The fourth-order valence-electron chi connectivity index (χ4n) is 2.49. The van der Waals surface area contributed by atoms with Crippen LogP contribution in [-0.4, -0.2) is 4.83 Å². The highest BCUT2D eigenvalue weighted by Gasteiger charge is 2.37. The molecule has 0 spiro atoms. The standard InChI is InChI=1S/C8H13Br/c9-8-5-4-6-2-1-3-7(6)8/h6-8H,1-5H2/t6-,7-,8?/m0/s1. The third-order valence-electron chi connectivity index (χ3n) is 3.00. The van der Waals surface area contributed by atoms with Crippen molar-refractivity contribution in [3.05, 3.63) is 0 Å². The highest BCUT2D eigenvalue weighted by Crippen LogP contribution is 2.46. The second-order valence-corrected chi connectivity index (χ2v) is 4.62. The van der Waals surface area contributed by atoms with Crippen molar-refractivity contribution < 1.29 is 0 Å². The van der Waals surface area contributed by atoms with E-state index in [0.717, 1.165) is 16.7 Å². The van der Waals surface area contributed by atoms with Gasteiger partial charge in [-0.25, -0.2) is 0 Å². The Balaban J connectivity index is 2.07. The van der Waals surface area contributed by atoms with E-state index in [-0.39, 0.29) is 0 Å². The van der Waals surface area contributed by atoms with Crippen molar-refractivity contribution in [2.24, 2.45) is 11.8 Å². The molecule has 0 saturated heterocycles. The van der Waals surface area contributed by atoms with Gasteiger partial charge in [0.1, 0.15) is 0 Å². The normalized spacial score (nSPS) is 49.7. The predicted molar refractivity (Wildman–Crippen MR) is 42.8 cm³/mol. The van der Waals surface area contributed by atoms with Crippen LogP contribution in [0.5, 0.6) is 0 Å². The molecule has 2 rings (SSSR count). The summed E-state index contributed by atoms with van der Waals surface area (Å²) in [5, 5.41) is 0. The Morgan fingerprint density at radius 1 is 1.00 bits per heavy atom. The van der Waals surface area contributed by atoms with Gasteiger partial charge >= 0.3 is 0 Å². The van der Waals surface area contributed by atoms with Crippen LogP contribution in [0.3, 0.4) is 0 Å². The summed E-state index contributed by atoms with van der Waals surface area (Å²) >= 11 is 3.75. The first-order valence-corrected chi connectivity index (χ1v) is 4.93. The molecule has 3 atom stereocenters. The second kappa shape index (κ2) is 2.26. The molecular weight excluding hydrogens is 176 g/mol. The molecule has 1 heteroatoms. The van der Waals surface area contributed by atoms with Crippen molar-refractivity contribution in [1.29, 1.82) is 0 Å². The quantitative estimate of drug-likeness (QED) is 0.514. The second-order valence-electron chi connectivity index (χ2n) is 3.45. The van der Waals surface area contributed by atoms with Gasteiger partial charge in [0.2, 0.25) is 0 Å². The largest absolute Gasteiger partial charge is 0.0888 e. The van der Waals surface area contributed by atoms with Gasteiger partial charge in [-0.2, -0.15) is 0 Å². The van der Waals surface area contributed by atoms with Gasteiger partial charge in [0, 0.05) is 4.83 Å². The smallest absolute Gasteiger partial charge is 0.0176 e. The Kier molecular flexibility index (Phi) is 1.56. The number of rotatable bonds is 0. The van der Waals surface area contributed by atoms with Gasteiger partial charge in [0.05, 0.1) is 0 Å². The first kappa shape index (κ1) is 6.21. The van der Waals surface area contributed by atoms with Gasteiger partial charge < -0.3 is 0 Å². The zero-order chi connectivity index (χ0) is 6.27. The molecule has 0 radical (unpaired) electrons. The third-order valence-corrected chi connectivity index (χ3v) is 4.13. The fourth-order valence-corrected chi connectivity index (χ4v) is 3.45. The fraction of sp³-hybridized carbons (Fsp3) is 1.00. The van der Waals surface area contributed by atoms with E-state index in [0.29, 0.717) is 0 Å². The molecule has 0 N–H and O–H groups in total. The molecule has 0 amide bonds. The van der Waals surface area contributed by atoms with Crippen molar-refractivity contribution in [1.82, 2.24) is 0 Å². The van der Waals surface area contributed by atoms with Crippen LogP contribution in [0.25, 0.3) is 0 Å². The van der Waals surface area contributed by atoms with Crippen LogP contribution in [0.4, 0.5) is 0 Å². The highest BCUT2D eigenvalue weighted by atomic mass is 79.9. The molecule has 1 unspecified atom stereocenters. The molecular formula is C8H13Br. The van der Waals surface area contributed by atoms with Crippen LogP contribution in [0.1, 0.15) is 32.1 Å². The van der Waals surface area contributed by atoms with E-state index in [4.69, 9.17) is 0 Å². The number of halogens is 1. The van der Waals surface area contributed by atoms with E-state index in [1.54, 1.807) is 0 Å². The first-order chi connectivity index (χ1) is 4.38. The summed E-state index contributed by atoms with van der Waals surface area (Å²) in [4.78, 5) is 0.880. The van der Waals surface area contributed by atoms with Crippen molar-refractivity contribution in [2.45, 2.75) is 36.9 Å². The summed E-state index contributed by atoms with van der Waals surface area (Å²) in [5.41, 5.74) is 0. The van der Waals surface area contributed by atoms with E-state index < -0.39 is 0 Å². The summed E-state index contributed by atoms with van der Waals surface area (Å²) in [6, 6.07) is 0. The van der Waals surface area contributed by atoms with Crippen molar-refractivity contribution in [3.8, 4) is 0 Å². The van der Waals surface area contributed by atoms with Crippen molar-refractivity contribution in [3.63, 3.8) is 0 Å². The summed E-state index contributed by atoms with van der Waals surface area (Å²) < 4.78 is 0. The Labute approximate surface area is 65.1 Å². The summed E-state index contributed by atoms with van der Waals surface area (Å²) in [7, 11) is 0.